The third kappa shape index (κ3) is 3.35. The van der Waals surface area contributed by atoms with Crippen molar-refractivity contribution in [3.05, 3.63) is 65.2 Å². The molecule has 0 amide bonds. The van der Waals surface area contributed by atoms with Gasteiger partial charge in [0.25, 0.3) is 0 Å². The first-order valence-corrected chi connectivity index (χ1v) is 6.13. The van der Waals surface area contributed by atoms with E-state index in [-0.39, 0.29) is 5.75 Å². The van der Waals surface area contributed by atoms with Crippen LogP contribution in [0.25, 0.3) is 0 Å². The number of hydrogen-bond acceptors (Lipinski definition) is 2. The van der Waals surface area contributed by atoms with E-state index in [9.17, 15) is 15.0 Å². The number of carboxylic acids is 1. The van der Waals surface area contributed by atoms with Gasteiger partial charge in [-0.2, -0.15) is 0 Å². The summed E-state index contributed by atoms with van der Waals surface area (Å²) in [7, 11) is 0. The van der Waals surface area contributed by atoms with Crippen LogP contribution in [-0.2, 0) is 11.2 Å². The molecular weight excluding hydrogens is 240 g/mol. The van der Waals surface area contributed by atoms with Crippen molar-refractivity contribution in [2.45, 2.75) is 19.3 Å². The molecule has 2 aromatic carbocycles. The van der Waals surface area contributed by atoms with E-state index >= 15 is 0 Å². The highest BCUT2D eigenvalue weighted by molar-refractivity contribution is 5.76. The maximum Gasteiger partial charge on any atom is 0.311 e. The summed E-state index contributed by atoms with van der Waals surface area (Å²) in [6, 6.07) is 14.2. The lowest BCUT2D eigenvalue weighted by Crippen LogP contribution is -2.14. The van der Waals surface area contributed by atoms with Gasteiger partial charge in [0.1, 0.15) is 5.75 Å². The number of hydrogen-bond donors (Lipinski definition) is 2. The van der Waals surface area contributed by atoms with E-state index < -0.39 is 11.9 Å². The van der Waals surface area contributed by atoms with Gasteiger partial charge >= 0.3 is 5.97 Å². The van der Waals surface area contributed by atoms with E-state index in [1.807, 2.05) is 31.2 Å². The van der Waals surface area contributed by atoms with Gasteiger partial charge in [0.2, 0.25) is 0 Å². The number of aliphatic carboxylic acids is 1. The minimum Gasteiger partial charge on any atom is -0.508 e. The fourth-order valence-corrected chi connectivity index (χ4v) is 2.10. The average molecular weight is 256 g/mol. The standard InChI is InChI=1S/C16H16O3/c1-11-3-2-4-13(9-11)15(16(18)19)10-12-5-7-14(17)8-6-12/h2-9,15,17H,10H2,1H3,(H,18,19). The summed E-state index contributed by atoms with van der Waals surface area (Å²) >= 11 is 0. The fraction of sp³-hybridized carbons (Fsp3) is 0.188. The number of benzene rings is 2. The highest BCUT2D eigenvalue weighted by Crippen LogP contribution is 2.23. The first kappa shape index (κ1) is 13.1. The lowest BCUT2D eigenvalue weighted by Gasteiger charge is -2.13. The maximum absolute atomic E-state index is 11.4. The second-order valence-electron chi connectivity index (χ2n) is 4.68. The molecule has 0 saturated carbocycles. The molecule has 0 aliphatic carbocycles. The van der Waals surface area contributed by atoms with E-state index in [0.717, 1.165) is 16.7 Å². The van der Waals surface area contributed by atoms with E-state index in [0.29, 0.717) is 6.42 Å². The Bertz CT molecular complexity index is 573. The van der Waals surface area contributed by atoms with Crippen molar-refractivity contribution in [2.24, 2.45) is 0 Å². The molecule has 98 valence electrons. The molecule has 1 unspecified atom stereocenters. The highest BCUT2D eigenvalue weighted by atomic mass is 16.4. The van der Waals surface area contributed by atoms with E-state index in [1.54, 1.807) is 24.3 Å². The fourth-order valence-electron chi connectivity index (χ4n) is 2.10. The first-order chi connectivity index (χ1) is 9.06. The average Bonchev–Trinajstić information content (AvgIpc) is 2.37. The molecule has 2 aromatic rings. The van der Waals surface area contributed by atoms with E-state index in [1.165, 1.54) is 0 Å². The third-order valence-electron chi connectivity index (χ3n) is 3.12. The lowest BCUT2D eigenvalue weighted by atomic mass is 9.91. The second-order valence-corrected chi connectivity index (χ2v) is 4.68. The molecule has 2 N–H and O–H groups in total. The predicted octanol–water partition coefficient (Wildman–Crippen LogP) is 3.11. The van der Waals surface area contributed by atoms with Gasteiger partial charge in [0.05, 0.1) is 5.92 Å². The zero-order chi connectivity index (χ0) is 13.8. The van der Waals surface area contributed by atoms with Crippen LogP contribution in [0.2, 0.25) is 0 Å². The molecule has 0 saturated heterocycles. The van der Waals surface area contributed by atoms with Crippen LogP contribution < -0.4 is 0 Å². The van der Waals surface area contributed by atoms with E-state index in [4.69, 9.17) is 0 Å². The Morgan fingerprint density at radius 3 is 2.42 bits per heavy atom. The van der Waals surface area contributed by atoms with Crippen molar-refractivity contribution in [1.29, 1.82) is 0 Å². The molecule has 0 heterocycles. The minimum absolute atomic E-state index is 0.186. The second kappa shape index (κ2) is 5.57. The van der Waals surface area contributed by atoms with Gasteiger partial charge < -0.3 is 10.2 Å². The van der Waals surface area contributed by atoms with Crippen LogP contribution in [0.5, 0.6) is 5.75 Å². The Morgan fingerprint density at radius 1 is 1.16 bits per heavy atom. The summed E-state index contributed by atoms with van der Waals surface area (Å²) in [6.45, 7) is 1.95. The van der Waals surface area contributed by atoms with Crippen LogP contribution in [0, 0.1) is 6.92 Å². The van der Waals surface area contributed by atoms with Crippen molar-refractivity contribution in [1.82, 2.24) is 0 Å². The largest absolute Gasteiger partial charge is 0.508 e. The Morgan fingerprint density at radius 2 is 1.84 bits per heavy atom. The van der Waals surface area contributed by atoms with Crippen molar-refractivity contribution in [3.63, 3.8) is 0 Å². The molecule has 0 spiro atoms. The Labute approximate surface area is 112 Å². The monoisotopic (exact) mass is 256 g/mol. The number of rotatable bonds is 4. The highest BCUT2D eigenvalue weighted by Gasteiger charge is 2.20. The van der Waals surface area contributed by atoms with Gasteiger partial charge in [-0.25, -0.2) is 0 Å². The third-order valence-corrected chi connectivity index (χ3v) is 3.12. The van der Waals surface area contributed by atoms with Gasteiger partial charge in [0, 0.05) is 0 Å². The molecule has 0 aliphatic heterocycles. The summed E-state index contributed by atoms with van der Waals surface area (Å²) in [5, 5.41) is 18.6. The van der Waals surface area contributed by atoms with Gasteiger partial charge in [-0.3, -0.25) is 4.79 Å². The van der Waals surface area contributed by atoms with Gasteiger partial charge in [0.15, 0.2) is 0 Å². The number of carbonyl (C=O) groups is 1. The van der Waals surface area contributed by atoms with Gasteiger partial charge in [-0.05, 0) is 36.6 Å². The lowest BCUT2D eigenvalue weighted by molar-refractivity contribution is -0.138. The topological polar surface area (TPSA) is 57.5 Å². The number of phenolic OH excluding ortho intramolecular Hbond substituents is 1. The molecular formula is C16H16O3. The smallest absolute Gasteiger partial charge is 0.311 e. The minimum atomic E-state index is -0.835. The quantitative estimate of drug-likeness (QED) is 0.883. The molecule has 0 aromatic heterocycles. The van der Waals surface area contributed by atoms with Crippen molar-refractivity contribution in [2.75, 3.05) is 0 Å². The van der Waals surface area contributed by atoms with Crippen molar-refractivity contribution in [3.8, 4) is 5.75 Å². The molecule has 1 atom stereocenters. The molecule has 0 bridgehead atoms. The normalized spacial score (nSPS) is 12.1. The molecule has 0 radical (unpaired) electrons. The van der Waals surface area contributed by atoms with Crippen LogP contribution in [0.15, 0.2) is 48.5 Å². The summed E-state index contributed by atoms with van der Waals surface area (Å²) in [4.78, 5) is 11.4. The molecule has 0 fully saturated rings. The van der Waals surface area contributed by atoms with Crippen LogP contribution in [0.1, 0.15) is 22.6 Å². The van der Waals surface area contributed by atoms with Crippen molar-refractivity contribution >= 4 is 5.97 Å². The first-order valence-electron chi connectivity index (χ1n) is 6.13. The summed E-state index contributed by atoms with van der Waals surface area (Å²) in [5.41, 5.74) is 2.75. The number of aromatic hydroxyl groups is 1. The Balaban J connectivity index is 2.26. The molecule has 3 heteroatoms. The zero-order valence-corrected chi connectivity index (χ0v) is 10.7. The molecule has 0 aliphatic rings. The summed E-state index contributed by atoms with van der Waals surface area (Å²) in [6.07, 6.45) is 0.416. The van der Waals surface area contributed by atoms with Crippen LogP contribution in [0.4, 0.5) is 0 Å². The van der Waals surface area contributed by atoms with Crippen LogP contribution in [-0.4, -0.2) is 16.2 Å². The predicted molar refractivity (Wildman–Crippen MR) is 73.4 cm³/mol. The van der Waals surface area contributed by atoms with Gasteiger partial charge in [-0.15, -0.1) is 0 Å². The van der Waals surface area contributed by atoms with Crippen molar-refractivity contribution < 1.29 is 15.0 Å². The molecule has 3 nitrogen and oxygen atoms in total. The zero-order valence-electron chi connectivity index (χ0n) is 10.7. The maximum atomic E-state index is 11.4. The van der Waals surface area contributed by atoms with Crippen LogP contribution >= 0.6 is 0 Å². The van der Waals surface area contributed by atoms with Crippen LogP contribution in [0.3, 0.4) is 0 Å². The summed E-state index contributed by atoms with van der Waals surface area (Å²) in [5.74, 6) is -1.21. The SMILES string of the molecule is Cc1cccc(C(Cc2ccc(O)cc2)C(=O)O)c1. The van der Waals surface area contributed by atoms with Gasteiger partial charge in [-0.1, -0.05) is 42.0 Å². The number of carboxylic acid groups (broad SMARTS) is 1. The Kier molecular flexibility index (Phi) is 3.85. The number of aryl methyl sites for hydroxylation is 1. The Hall–Kier alpha value is -2.29. The molecule has 19 heavy (non-hydrogen) atoms. The van der Waals surface area contributed by atoms with E-state index in [2.05, 4.69) is 0 Å². The number of phenols is 1. The molecule has 2 rings (SSSR count). The summed E-state index contributed by atoms with van der Waals surface area (Å²) < 4.78 is 0.